The molecule has 4 rings (SSSR count). The molecule has 0 amide bonds. The van der Waals surface area contributed by atoms with Crippen LogP contribution in [0.5, 0.6) is 0 Å². The number of fused-ring (bicyclic) bond motifs is 1. The van der Waals surface area contributed by atoms with E-state index in [4.69, 9.17) is 5.73 Å². The van der Waals surface area contributed by atoms with Crippen LogP contribution in [0.25, 0.3) is 22.0 Å². The standard InChI is InChI=1S/C16H16N4.C6H10O/c1-3-11-4-5-18-8-13(11)15-7-12-6-10(2)19-9-14(12)16(17)20-15;1-5(7)6-3-2-4-6/h4-9H,3H2,1-2H3,(H2,17,20);6H,2-4H2,1H3. The molecule has 0 aliphatic heterocycles. The van der Waals surface area contributed by atoms with Gasteiger partial charge in [0.2, 0.25) is 0 Å². The molecule has 5 nitrogen and oxygen atoms in total. The predicted octanol–water partition coefficient (Wildman–Crippen LogP) is 4.52. The number of anilines is 1. The molecule has 5 heteroatoms. The first kappa shape index (κ1) is 19.0. The average Bonchev–Trinajstić information content (AvgIpc) is 2.59. The van der Waals surface area contributed by atoms with Gasteiger partial charge in [0.15, 0.2) is 0 Å². The van der Waals surface area contributed by atoms with E-state index in [9.17, 15) is 4.79 Å². The molecule has 27 heavy (non-hydrogen) atoms. The summed E-state index contributed by atoms with van der Waals surface area (Å²) in [6, 6.07) is 6.10. The van der Waals surface area contributed by atoms with Gasteiger partial charge in [-0.05, 0) is 62.3 Å². The fourth-order valence-electron chi connectivity index (χ4n) is 3.20. The summed E-state index contributed by atoms with van der Waals surface area (Å²) in [4.78, 5) is 23.4. The molecule has 3 aromatic heterocycles. The number of nitrogens with two attached hydrogens (primary N) is 1. The minimum absolute atomic E-state index is 0.381. The van der Waals surface area contributed by atoms with Gasteiger partial charge < -0.3 is 5.73 Å². The fraction of sp³-hybridized carbons (Fsp3) is 0.364. The van der Waals surface area contributed by atoms with Crippen LogP contribution >= 0.6 is 0 Å². The van der Waals surface area contributed by atoms with Crippen LogP contribution in [0.2, 0.25) is 0 Å². The van der Waals surface area contributed by atoms with Gasteiger partial charge in [0.05, 0.1) is 5.69 Å². The third kappa shape index (κ3) is 4.30. The van der Waals surface area contributed by atoms with Crippen molar-refractivity contribution >= 4 is 22.4 Å². The topological polar surface area (TPSA) is 81.8 Å². The molecule has 1 saturated carbocycles. The summed E-state index contributed by atoms with van der Waals surface area (Å²) in [6.45, 7) is 5.78. The first-order valence-electron chi connectivity index (χ1n) is 9.46. The van der Waals surface area contributed by atoms with Gasteiger partial charge in [-0.15, -0.1) is 0 Å². The van der Waals surface area contributed by atoms with Crippen molar-refractivity contribution in [2.24, 2.45) is 5.92 Å². The Hall–Kier alpha value is -2.82. The first-order valence-corrected chi connectivity index (χ1v) is 9.46. The number of Topliss-reactive ketones (excluding diaryl/α,β-unsaturated/α-hetero) is 1. The Morgan fingerprint density at radius 2 is 2.04 bits per heavy atom. The molecule has 0 atom stereocenters. The molecule has 140 valence electrons. The number of carbonyl (C=O) groups excluding carboxylic acids is 1. The summed E-state index contributed by atoms with van der Waals surface area (Å²) in [7, 11) is 0. The van der Waals surface area contributed by atoms with E-state index < -0.39 is 0 Å². The zero-order valence-corrected chi connectivity index (χ0v) is 16.2. The highest BCUT2D eigenvalue weighted by molar-refractivity contribution is 5.93. The number of hydrogen-bond donors (Lipinski definition) is 1. The van der Waals surface area contributed by atoms with Gasteiger partial charge in [-0.25, -0.2) is 4.98 Å². The molecule has 1 aliphatic rings. The largest absolute Gasteiger partial charge is 0.383 e. The van der Waals surface area contributed by atoms with Crippen LogP contribution in [0.1, 0.15) is 44.4 Å². The summed E-state index contributed by atoms with van der Waals surface area (Å²) in [6.07, 6.45) is 9.93. The highest BCUT2D eigenvalue weighted by atomic mass is 16.1. The van der Waals surface area contributed by atoms with Crippen molar-refractivity contribution in [1.29, 1.82) is 0 Å². The van der Waals surface area contributed by atoms with Gasteiger partial charge in [0, 0.05) is 41.2 Å². The summed E-state index contributed by atoms with van der Waals surface area (Å²) in [5.74, 6) is 1.34. The molecule has 1 fully saturated rings. The van der Waals surface area contributed by atoms with Crippen molar-refractivity contribution in [1.82, 2.24) is 15.0 Å². The first-order chi connectivity index (χ1) is 13.0. The number of rotatable bonds is 3. The molecular formula is C22H26N4O. The van der Waals surface area contributed by atoms with Crippen LogP contribution in [-0.2, 0) is 11.2 Å². The minimum Gasteiger partial charge on any atom is -0.383 e. The van der Waals surface area contributed by atoms with Crippen molar-refractivity contribution in [3.63, 3.8) is 0 Å². The summed E-state index contributed by atoms with van der Waals surface area (Å²) in [5, 5.41) is 1.95. The lowest BCUT2D eigenvalue weighted by molar-refractivity contribution is -0.122. The second kappa shape index (κ2) is 8.25. The Kier molecular flexibility index (Phi) is 5.79. The molecule has 0 bridgehead atoms. The highest BCUT2D eigenvalue weighted by Gasteiger charge is 2.20. The minimum atomic E-state index is 0.381. The van der Waals surface area contributed by atoms with Gasteiger partial charge in [0.1, 0.15) is 11.6 Å². The number of aromatic nitrogens is 3. The quantitative estimate of drug-likeness (QED) is 0.741. The molecule has 2 N–H and O–H groups in total. The summed E-state index contributed by atoms with van der Waals surface area (Å²) < 4.78 is 0. The molecule has 3 aromatic rings. The van der Waals surface area contributed by atoms with Gasteiger partial charge in [0.25, 0.3) is 0 Å². The fourth-order valence-corrected chi connectivity index (χ4v) is 3.20. The van der Waals surface area contributed by atoms with E-state index in [-0.39, 0.29) is 0 Å². The molecule has 0 unspecified atom stereocenters. The maximum Gasteiger partial charge on any atom is 0.133 e. The molecule has 0 aromatic carbocycles. The van der Waals surface area contributed by atoms with Crippen molar-refractivity contribution < 1.29 is 4.79 Å². The van der Waals surface area contributed by atoms with E-state index in [1.165, 1.54) is 12.0 Å². The van der Waals surface area contributed by atoms with E-state index in [1.54, 1.807) is 19.3 Å². The lowest BCUT2D eigenvalue weighted by Gasteiger charge is -2.21. The van der Waals surface area contributed by atoms with Crippen molar-refractivity contribution in [2.75, 3.05) is 5.73 Å². The third-order valence-electron chi connectivity index (χ3n) is 5.13. The smallest absolute Gasteiger partial charge is 0.133 e. The number of nitrogen functional groups attached to an aromatic ring is 1. The lowest BCUT2D eigenvalue weighted by atomic mass is 9.83. The Bertz CT molecular complexity index is 964. The number of ketones is 1. The van der Waals surface area contributed by atoms with Crippen LogP contribution in [0.4, 0.5) is 5.82 Å². The van der Waals surface area contributed by atoms with Crippen LogP contribution in [0.15, 0.2) is 36.8 Å². The number of hydrogen-bond acceptors (Lipinski definition) is 5. The van der Waals surface area contributed by atoms with Crippen molar-refractivity contribution in [3.05, 3.63) is 48.0 Å². The van der Waals surface area contributed by atoms with Crippen LogP contribution in [0, 0.1) is 12.8 Å². The second-order valence-corrected chi connectivity index (χ2v) is 7.06. The zero-order chi connectivity index (χ0) is 19.4. The van der Waals surface area contributed by atoms with Crippen molar-refractivity contribution in [3.8, 4) is 11.3 Å². The summed E-state index contributed by atoms with van der Waals surface area (Å²) in [5.41, 5.74) is 10.2. The zero-order valence-electron chi connectivity index (χ0n) is 16.2. The predicted molar refractivity (Wildman–Crippen MR) is 109 cm³/mol. The second-order valence-electron chi connectivity index (χ2n) is 7.06. The van der Waals surface area contributed by atoms with E-state index in [0.717, 1.165) is 47.0 Å². The Balaban J connectivity index is 0.000000253. The average molecular weight is 362 g/mol. The lowest BCUT2D eigenvalue weighted by Crippen LogP contribution is -2.18. The number of aryl methyl sites for hydroxylation is 2. The van der Waals surface area contributed by atoms with Crippen LogP contribution in [0.3, 0.4) is 0 Å². The van der Waals surface area contributed by atoms with Crippen LogP contribution in [-0.4, -0.2) is 20.7 Å². The molecular weight excluding hydrogens is 336 g/mol. The number of nitrogens with zero attached hydrogens (tertiary/aromatic N) is 3. The number of carbonyl (C=O) groups is 1. The van der Waals surface area contributed by atoms with Gasteiger partial charge in [-0.2, -0.15) is 0 Å². The van der Waals surface area contributed by atoms with E-state index >= 15 is 0 Å². The Labute approximate surface area is 160 Å². The van der Waals surface area contributed by atoms with E-state index in [2.05, 4.69) is 27.9 Å². The maximum atomic E-state index is 10.4. The molecule has 0 saturated heterocycles. The van der Waals surface area contributed by atoms with E-state index in [1.807, 2.05) is 25.3 Å². The monoisotopic (exact) mass is 362 g/mol. The third-order valence-corrected chi connectivity index (χ3v) is 5.13. The molecule has 0 spiro atoms. The highest BCUT2D eigenvalue weighted by Crippen LogP contribution is 2.28. The summed E-state index contributed by atoms with van der Waals surface area (Å²) >= 11 is 0. The van der Waals surface area contributed by atoms with Gasteiger partial charge in [-0.1, -0.05) is 13.3 Å². The molecule has 3 heterocycles. The van der Waals surface area contributed by atoms with E-state index in [0.29, 0.717) is 17.5 Å². The SMILES string of the molecule is CC(=O)C1CCC1.CCc1ccncc1-c1cc2cc(C)ncc2c(N)n1. The van der Waals surface area contributed by atoms with Crippen molar-refractivity contribution in [2.45, 2.75) is 46.5 Å². The maximum absolute atomic E-state index is 10.4. The molecule has 0 radical (unpaired) electrons. The number of pyridine rings is 3. The Morgan fingerprint density at radius 1 is 1.26 bits per heavy atom. The Morgan fingerprint density at radius 3 is 2.63 bits per heavy atom. The molecule has 1 aliphatic carbocycles. The van der Waals surface area contributed by atoms with Gasteiger partial charge in [-0.3, -0.25) is 14.8 Å². The normalized spacial score (nSPS) is 13.6. The van der Waals surface area contributed by atoms with Gasteiger partial charge >= 0.3 is 0 Å². The van der Waals surface area contributed by atoms with Crippen LogP contribution < -0.4 is 5.73 Å².